The van der Waals surface area contributed by atoms with E-state index in [0.717, 1.165) is 32.4 Å². The molecule has 0 aromatic heterocycles. The number of halogens is 1. The molecular formula is C17H27ClN2O4. The van der Waals surface area contributed by atoms with Gasteiger partial charge in [-0.1, -0.05) is 0 Å². The highest BCUT2D eigenvalue weighted by Crippen LogP contribution is 2.35. The van der Waals surface area contributed by atoms with E-state index in [0.29, 0.717) is 35.3 Å². The van der Waals surface area contributed by atoms with Crippen molar-refractivity contribution in [1.82, 2.24) is 4.90 Å². The van der Waals surface area contributed by atoms with Crippen LogP contribution in [0.4, 0.5) is 0 Å². The fourth-order valence-electron chi connectivity index (χ4n) is 3.09. The van der Waals surface area contributed by atoms with E-state index >= 15 is 0 Å². The Hall–Kier alpha value is -1.66. The maximum atomic E-state index is 12.9. The van der Waals surface area contributed by atoms with E-state index in [4.69, 9.17) is 19.9 Å². The van der Waals surface area contributed by atoms with E-state index in [1.54, 1.807) is 33.5 Å². The zero-order chi connectivity index (χ0) is 16.8. The van der Waals surface area contributed by atoms with Gasteiger partial charge in [0.1, 0.15) is 5.75 Å². The number of nitrogens with zero attached hydrogens (tertiary/aromatic N) is 1. The Kier molecular flexibility index (Phi) is 8.15. The molecule has 7 heteroatoms. The lowest BCUT2D eigenvalue weighted by atomic mass is 9.94. The van der Waals surface area contributed by atoms with E-state index in [9.17, 15) is 4.79 Å². The van der Waals surface area contributed by atoms with Gasteiger partial charge in [-0.15, -0.1) is 12.4 Å². The molecule has 136 valence electrons. The van der Waals surface area contributed by atoms with Crippen LogP contribution in [0.2, 0.25) is 0 Å². The summed E-state index contributed by atoms with van der Waals surface area (Å²) in [6.07, 6.45) is 3.09. The number of rotatable bonds is 6. The molecule has 1 aliphatic heterocycles. The van der Waals surface area contributed by atoms with Gasteiger partial charge in [0.2, 0.25) is 0 Å². The molecule has 1 atom stereocenters. The topological polar surface area (TPSA) is 74.0 Å². The van der Waals surface area contributed by atoms with Crippen molar-refractivity contribution in [3.63, 3.8) is 0 Å². The number of ether oxygens (including phenoxy) is 3. The van der Waals surface area contributed by atoms with Crippen molar-refractivity contribution in [2.24, 2.45) is 11.7 Å². The molecule has 1 aromatic carbocycles. The number of nitrogens with two attached hydrogens (primary N) is 1. The highest BCUT2D eigenvalue weighted by Gasteiger charge is 2.27. The first-order valence-corrected chi connectivity index (χ1v) is 7.93. The first kappa shape index (κ1) is 20.4. The summed E-state index contributed by atoms with van der Waals surface area (Å²) in [5.74, 6) is 2.00. The largest absolute Gasteiger partial charge is 0.496 e. The van der Waals surface area contributed by atoms with Crippen molar-refractivity contribution >= 4 is 18.3 Å². The molecule has 1 fully saturated rings. The minimum absolute atomic E-state index is 0. The number of piperidine rings is 1. The molecule has 1 unspecified atom stereocenters. The van der Waals surface area contributed by atoms with Gasteiger partial charge in [0.25, 0.3) is 5.91 Å². The van der Waals surface area contributed by atoms with Gasteiger partial charge < -0.3 is 24.8 Å². The summed E-state index contributed by atoms with van der Waals surface area (Å²) in [7, 11) is 4.66. The van der Waals surface area contributed by atoms with Crippen molar-refractivity contribution < 1.29 is 19.0 Å². The third-order valence-corrected chi connectivity index (χ3v) is 4.32. The molecule has 0 saturated carbocycles. The number of carbonyl (C=O) groups excluding carboxylic acids is 1. The maximum Gasteiger partial charge on any atom is 0.257 e. The fraction of sp³-hybridized carbons (Fsp3) is 0.588. The number of likely N-dealkylation sites (tertiary alicyclic amines) is 1. The molecule has 6 nitrogen and oxygen atoms in total. The minimum atomic E-state index is -0.0375. The fourth-order valence-corrected chi connectivity index (χ4v) is 3.09. The molecule has 1 saturated heterocycles. The number of benzene rings is 1. The van der Waals surface area contributed by atoms with Gasteiger partial charge in [-0.3, -0.25) is 4.79 Å². The van der Waals surface area contributed by atoms with Crippen molar-refractivity contribution in [3.05, 3.63) is 17.7 Å². The van der Waals surface area contributed by atoms with Crippen molar-refractivity contribution in [1.29, 1.82) is 0 Å². The summed E-state index contributed by atoms with van der Waals surface area (Å²) in [6, 6.07) is 3.37. The summed E-state index contributed by atoms with van der Waals surface area (Å²) in [4.78, 5) is 14.8. The molecule has 0 radical (unpaired) electrons. The summed E-state index contributed by atoms with van der Waals surface area (Å²) in [6.45, 7) is 2.16. The highest BCUT2D eigenvalue weighted by molar-refractivity contribution is 5.98. The van der Waals surface area contributed by atoms with Gasteiger partial charge in [-0.2, -0.15) is 0 Å². The second kappa shape index (κ2) is 9.59. The zero-order valence-corrected chi connectivity index (χ0v) is 15.4. The second-order valence-electron chi connectivity index (χ2n) is 5.74. The SMILES string of the molecule is COc1cc(OC)c(C(=O)N2CCCC(CCN)C2)cc1OC.Cl. The summed E-state index contributed by atoms with van der Waals surface area (Å²) in [5, 5.41) is 0. The molecule has 0 spiro atoms. The van der Waals surface area contributed by atoms with Gasteiger partial charge in [0.15, 0.2) is 11.5 Å². The van der Waals surface area contributed by atoms with Crippen LogP contribution in [-0.2, 0) is 0 Å². The molecule has 24 heavy (non-hydrogen) atoms. The quantitative estimate of drug-likeness (QED) is 0.844. The molecule has 0 bridgehead atoms. The Bertz CT molecular complexity index is 552. The van der Waals surface area contributed by atoms with E-state index in [1.165, 1.54) is 0 Å². The lowest BCUT2D eigenvalue weighted by molar-refractivity contribution is 0.0665. The van der Waals surface area contributed by atoms with Crippen LogP contribution in [0.25, 0.3) is 0 Å². The number of amides is 1. The van der Waals surface area contributed by atoms with E-state index in [2.05, 4.69) is 0 Å². The Balaban J connectivity index is 0.00000288. The Morgan fingerprint density at radius 2 is 1.79 bits per heavy atom. The second-order valence-corrected chi connectivity index (χ2v) is 5.74. The van der Waals surface area contributed by atoms with Crippen molar-refractivity contribution in [3.8, 4) is 17.2 Å². The Morgan fingerprint density at radius 3 is 2.38 bits per heavy atom. The highest BCUT2D eigenvalue weighted by atomic mass is 35.5. The average molecular weight is 359 g/mol. The van der Waals surface area contributed by atoms with Crippen LogP contribution in [-0.4, -0.2) is 51.8 Å². The van der Waals surface area contributed by atoms with Crippen LogP contribution in [0.15, 0.2) is 12.1 Å². The third kappa shape index (κ3) is 4.45. The van der Waals surface area contributed by atoms with Crippen molar-refractivity contribution in [2.75, 3.05) is 41.0 Å². The molecule has 2 rings (SSSR count). The number of carbonyl (C=O) groups is 1. The third-order valence-electron chi connectivity index (χ3n) is 4.32. The molecule has 1 aliphatic rings. The Labute approximate surface area is 149 Å². The maximum absolute atomic E-state index is 12.9. The normalized spacial score (nSPS) is 17.0. The van der Waals surface area contributed by atoms with Gasteiger partial charge in [0, 0.05) is 25.2 Å². The zero-order valence-electron chi connectivity index (χ0n) is 14.5. The van der Waals surface area contributed by atoms with Crippen LogP contribution >= 0.6 is 12.4 Å². The lowest BCUT2D eigenvalue weighted by Gasteiger charge is -2.33. The number of methoxy groups -OCH3 is 3. The molecule has 1 amide bonds. The average Bonchev–Trinajstić information content (AvgIpc) is 2.60. The van der Waals surface area contributed by atoms with Crippen LogP contribution in [0, 0.1) is 5.92 Å². The van der Waals surface area contributed by atoms with Gasteiger partial charge in [0.05, 0.1) is 26.9 Å². The number of hydrogen-bond acceptors (Lipinski definition) is 5. The van der Waals surface area contributed by atoms with E-state index < -0.39 is 0 Å². The minimum Gasteiger partial charge on any atom is -0.496 e. The predicted octanol–water partition coefficient (Wildman–Crippen LogP) is 2.34. The standard InChI is InChI=1S/C17H26N2O4.ClH/c1-21-14-10-16(23-3)15(22-2)9-13(14)17(20)19-8-4-5-12(11-19)6-7-18;/h9-10,12H,4-8,11,18H2,1-3H3;1H. The smallest absolute Gasteiger partial charge is 0.257 e. The van der Waals surface area contributed by atoms with E-state index in [1.807, 2.05) is 4.90 Å². The Morgan fingerprint density at radius 1 is 1.17 bits per heavy atom. The summed E-state index contributed by atoms with van der Waals surface area (Å²) in [5.41, 5.74) is 6.15. The molecular weight excluding hydrogens is 332 g/mol. The first-order chi connectivity index (χ1) is 11.1. The van der Waals surface area contributed by atoms with Gasteiger partial charge in [-0.05, 0) is 31.7 Å². The van der Waals surface area contributed by atoms with Crippen molar-refractivity contribution in [2.45, 2.75) is 19.3 Å². The van der Waals surface area contributed by atoms with Crippen LogP contribution < -0.4 is 19.9 Å². The monoisotopic (exact) mass is 358 g/mol. The molecule has 2 N–H and O–H groups in total. The molecule has 1 heterocycles. The number of hydrogen-bond donors (Lipinski definition) is 1. The van der Waals surface area contributed by atoms with Crippen LogP contribution in [0.1, 0.15) is 29.6 Å². The summed E-state index contributed by atoms with van der Waals surface area (Å²) < 4.78 is 15.9. The van der Waals surface area contributed by atoms with Crippen LogP contribution in [0.3, 0.4) is 0 Å². The lowest BCUT2D eigenvalue weighted by Crippen LogP contribution is -2.40. The van der Waals surface area contributed by atoms with E-state index in [-0.39, 0.29) is 18.3 Å². The van der Waals surface area contributed by atoms with Crippen LogP contribution in [0.5, 0.6) is 17.2 Å². The predicted molar refractivity (Wildman–Crippen MR) is 95.6 cm³/mol. The van der Waals surface area contributed by atoms with Gasteiger partial charge >= 0.3 is 0 Å². The van der Waals surface area contributed by atoms with Gasteiger partial charge in [-0.25, -0.2) is 0 Å². The molecule has 0 aliphatic carbocycles. The molecule has 1 aromatic rings. The summed E-state index contributed by atoms with van der Waals surface area (Å²) >= 11 is 0. The first-order valence-electron chi connectivity index (χ1n) is 7.93.